The number of ether oxygens (including phenoxy) is 1. The summed E-state index contributed by atoms with van der Waals surface area (Å²) >= 11 is 4.46. The molecule has 0 saturated carbocycles. The Kier molecular flexibility index (Phi) is 8.08. The van der Waals surface area contributed by atoms with Crippen molar-refractivity contribution in [3.05, 3.63) is 108 Å². The molecule has 4 aromatic rings. The minimum atomic E-state index is -0.430. The average molecular weight is 684 g/mol. The van der Waals surface area contributed by atoms with E-state index in [2.05, 4.69) is 74.8 Å². The van der Waals surface area contributed by atoms with Gasteiger partial charge in [0.05, 0.1) is 7.14 Å². The summed E-state index contributed by atoms with van der Waals surface area (Å²) < 4.78 is 8.04. The first-order valence-electron chi connectivity index (χ1n) is 10.9. The Hall–Kier alpha value is -2.90. The molecule has 0 aromatic heterocycles. The normalized spacial score (nSPS) is 11.2. The van der Waals surface area contributed by atoms with Crippen LogP contribution in [0.25, 0.3) is 16.8 Å². The molecule has 0 atom stereocenters. The van der Waals surface area contributed by atoms with Crippen LogP contribution in [-0.2, 0) is 11.4 Å². The van der Waals surface area contributed by atoms with Gasteiger partial charge in [-0.1, -0.05) is 60.2 Å². The average Bonchev–Trinajstić information content (AvgIpc) is 2.83. The highest BCUT2D eigenvalue weighted by Crippen LogP contribution is 2.31. The number of nitrogens with zero attached hydrogens (tertiary/aromatic N) is 1. The molecule has 0 bridgehead atoms. The number of carbonyl (C=O) groups is 1. The molecule has 0 fully saturated rings. The predicted octanol–water partition coefficient (Wildman–Crippen LogP) is 7.79. The van der Waals surface area contributed by atoms with Crippen LogP contribution in [0.3, 0.4) is 0 Å². The molecule has 0 unspecified atom stereocenters. The fourth-order valence-electron chi connectivity index (χ4n) is 3.83. The minimum absolute atomic E-state index is 0.0426. The van der Waals surface area contributed by atoms with Gasteiger partial charge in [0, 0.05) is 5.69 Å². The Morgan fingerprint density at radius 2 is 1.71 bits per heavy atom. The third-order valence-corrected chi connectivity index (χ3v) is 7.18. The molecule has 0 aliphatic heterocycles. The highest BCUT2D eigenvalue weighted by molar-refractivity contribution is 14.1. The smallest absolute Gasteiger partial charge is 0.266 e. The van der Waals surface area contributed by atoms with Crippen LogP contribution in [0.2, 0.25) is 0 Å². The fraction of sp³-hybridized carbons (Fsp3) is 0.103. The second-order valence-corrected chi connectivity index (χ2v) is 10.5. The van der Waals surface area contributed by atoms with E-state index >= 15 is 0 Å². The van der Waals surface area contributed by atoms with Crippen molar-refractivity contribution in [2.24, 2.45) is 0 Å². The predicted molar refractivity (Wildman–Crippen MR) is 158 cm³/mol. The van der Waals surface area contributed by atoms with Crippen molar-refractivity contribution in [3.63, 3.8) is 0 Å². The van der Waals surface area contributed by atoms with E-state index in [0.717, 1.165) is 35.1 Å². The second-order valence-electron chi connectivity index (χ2n) is 8.18. The molecule has 4 rings (SSSR count). The Bertz CT molecular complexity index is 1470. The zero-order valence-corrected chi connectivity index (χ0v) is 23.5. The van der Waals surface area contributed by atoms with Crippen LogP contribution in [0.15, 0.2) is 78.4 Å². The van der Waals surface area contributed by atoms with Gasteiger partial charge in [0.15, 0.2) is 0 Å². The first-order valence-corrected chi connectivity index (χ1v) is 13.1. The molecule has 4 nitrogen and oxygen atoms in total. The van der Waals surface area contributed by atoms with Gasteiger partial charge in [-0.15, -0.1) is 0 Å². The van der Waals surface area contributed by atoms with E-state index in [1.54, 1.807) is 6.08 Å². The molecule has 6 heteroatoms. The van der Waals surface area contributed by atoms with Crippen molar-refractivity contribution in [2.75, 3.05) is 5.32 Å². The van der Waals surface area contributed by atoms with Gasteiger partial charge >= 0.3 is 0 Å². The third kappa shape index (κ3) is 6.03. The van der Waals surface area contributed by atoms with Crippen molar-refractivity contribution < 1.29 is 9.53 Å². The topological polar surface area (TPSA) is 62.1 Å². The maximum absolute atomic E-state index is 12.8. The second kappa shape index (κ2) is 11.2. The van der Waals surface area contributed by atoms with Crippen LogP contribution in [0.1, 0.15) is 22.3 Å². The Morgan fingerprint density at radius 1 is 1.00 bits per heavy atom. The van der Waals surface area contributed by atoms with E-state index in [1.165, 1.54) is 10.8 Å². The van der Waals surface area contributed by atoms with E-state index in [0.29, 0.717) is 12.3 Å². The number of hydrogen-bond acceptors (Lipinski definition) is 3. The number of carbonyl (C=O) groups excluding carboxylic acids is 1. The van der Waals surface area contributed by atoms with Crippen LogP contribution in [0.4, 0.5) is 5.69 Å². The Balaban J connectivity index is 1.54. The van der Waals surface area contributed by atoms with E-state index in [9.17, 15) is 10.1 Å². The summed E-state index contributed by atoms with van der Waals surface area (Å²) in [6.45, 7) is 4.38. The summed E-state index contributed by atoms with van der Waals surface area (Å²) in [6.07, 6.45) is 1.61. The summed E-state index contributed by atoms with van der Waals surface area (Å²) in [6, 6.07) is 26.1. The van der Waals surface area contributed by atoms with Gasteiger partial charge < -0.3 is 10.1 Å². The van der Waals surface area contributed by atoms with E-state index in [-0.39, 0.29) is 5.57 Å². The molecular weight excluding hydrogens is 662 g/mol. The quantitative estimate of drug-likeness (QED) is 0.128. The molecular formula is C29H22I2N2O2. The lowest BCUT2D eigenvalue weighted by Crippen LogP contribution is -2.14. The third-order valence-electron chi connectivity index (χ3n) is 5.58. The molecule has 0 radical (unpaired) electrons. The summed E-state index contributed by atoms with van der Waals surface area (Å²) in [5.74, 6) is 0.357. The van der Waals surface area contributed by atoms with Gasteiger partial charge in [-0.3, -0.25) is 4.79 Å². The number of nitriles is 1. The molecule has 0 spiro atoms. The van der Waals surface area contributed by atoms with Crippen molar-refractivity contribution in [3.8, 4) is 11.8 Å². The number of amides is 1. The van der Waals surface area contributed by atoms with E-state index in [1.807, 2.05) is 68.4 Å². The zero-order chi connectivity index (χ0) is 24.9. The highest BCUT2D eigenvalue weighted by atomic mass is 127. The molecule has 4 aromatic carbocycles. The zero-order valence-electron chi connectivity index (χ0n) is 19.2. The summed E-state index contributed by atoms with van der Waals surface area (Å²) in [5, 5.41) is 14.8. The Labute approximate surface area is 232 Å². The summed E-state index contributed by atoms with van der Waals surface area (Å²) in [7, 11) is 0. The van der Waals surface area contributed by atoms with Gasteiger partial charge in [-0.05, 0) is 111 Å². The van der Waals surface area contributed by atoms with Crippen molar-refractivity contribution in [2.45, 2.75) is 20.5 Å². The number of halogens is 2. The van der Waals surface area contributed by atoms with Gasteiger partial charge in [0.25, 0.3) is 5.91 Å². The summed E-state index contributed by atoms with van der Waals surface area (Å²) in [4.78, 5) is 12.8. The van der Waals surface area contributed by atoms with E-state index in [4.69, 9.17) is 4.74 Å². The first-order chi connectivity index (χ1) is 16.9. The molecule has 0 saturated heterocycles. The molecule has 1 amide bonds. The lowest BCUT2D eigenvalue weighted by molar-refractivity contribution is -0.112. The number of aryl methyl sites for hydroxylation is 2. The number of anilines is 1. The molecule has 0 heterocycles. The van der Waals surface area contributed by atoms with Crippen LogP contribution in [0, 0.1) is 32.3 Å². The van der Waals surface area contributed by atoms with Gasteiger partial charge in [-0.25, -0.2) is 0 Å². The van der Waals surface area contributed by atoms with Crippen molar-refractivity contribution in [1.29, 1.82) is 5.26 Å². The number of hydrogen-bond donors (Lipinski definition) is 1. The highest BCUT2D eigenvalue weighted by Gasteiger charge is 2.14. The molecule has 0 aliphatic carbocycles. The van der Waals surface area contributed by atoms with Gasteiger partial charge in [0.2, 0.25) is 0 Å². The number of rotatable bonds is 6. The maximum atomic E-state index is 12.8. The monoisotopic (exact) mass is 684 g/mol. The molecule has 0 aliphatic rings. The van der Waals surface area contributed by atoms with Crippen LogP contribution in [0.5, 0.6) is 5.75 Å². The number of fused-ring (bicyclic) bond motifs is 1. The van der Waals surface area contributed by atoms with Crippen LogP contribution < -0.4 is 10.1 Å². The number of nitrogens with one attached hydrogen (secondary N) is 1. The SMILES string of the molecule is Cc1ccc(NC(=O)/C(C#N)=C/c2cc(I)c(OCc3cccc4ccccc34)c(I)c2)c(C)c1. The number of benzene rings is 4. The molecule has 174 valence electrons. The van der Waals surface area contributed by atoms with Gasteiger partial charge in [-0.2, -0.15) is 5.26 Å². The molecule has 1 N–H and O–H groups in total. The van der Waals surface area contributed by atoms with Crippen molar-refractivity contribution in [1.82, 2.24) is 0 Å². The molecule has 35 heavy (non-hydrogen) atoms. The van der Waals surface area contributed by atoms with E-state index < -0.39 is 5.91 Å². The standard InChI is InChI=1S/C29H22I2N2O2/c1-18-10-11-27(19(2)12-18)33-29(34)23(16-32)13-20-14-25(30)28(26(31)15-20)35-17-22-8-5-7-21-6-3-4-9-24(21)22/h3-15H,17H2,1-2H3,(H,33,34)/b23-13+. The maximum Gasteiger partial charge on any atom is 0.266 e. The summed E-state index contributed by atoms with van der Waals surface area (Å²) in [5.41, 5.74) is 4.69. The lowest BCUT2D eigenvalue weighted by Gasteiger charge is -2.13. The van der Waals surface area contributed by atoms with Crippen LogP contribution in [-0.4, -0.2) is 5.91 Å². The van der Waals surface area contributed by atoms with Crippen LogP contribution >= 0.6 is 45.2 Å². The largest absolute Gasteiger partial charge is 0.487 e. The first kappa shape index (κ1) is 25.2. The van der Waals surface area contributed by atoms with Crippen molar-refractivity contribution >= 4 is 73.6 Å². The van der Waals surface area contributed by atoms with Gasteiger partial charge in [0.1, 0.15) is 24.0 Å². The minimum Gasteiger partial charge on any atom is -0.487 e. The lowest BCUT2D eigenvalue weighted by atomic mass is 10.1. The Morgan fingerprint density at radius 3 is 2.43 bits per heavy atom. The fourth-order valence-corrected chi connectivity index (χ4v) is 5.96.